The number of nitrogens with zero attached hydrogens (tertiary/aromatic N) is 3. The van der Waals surface area contributed by atoms with Crippen LogP contribution in [0, 0.1) is 0 Å². The van der Waals surface area contributed by atoms with Crippen molar-refractivity contribution in [1.29, 1.82) is 0 Å². The van der Waals surface area contributed by atoms with Gasteiger partial charge in [-0.25, -0.2) is 10.3 Å². The standard InChI is InChI=1S/C21H22F3N5O3/c22-21(23,24)15-4-3-5-16(14-15)27-10-12-28(13-11-27)32-26-19(30)8-9-29-18-7-2-1-6-17(18)25-20(29)31/h1-7,14H,8-13H2,(H,25,31)(H,26,30). The summed E-state index contributed by atoms with van der Waals surface area (Å²) in [5.74, 6) is -0.387. The van der Waals surface area contributed by atoms with Crippen molar-refractivity contribution in [3.8, 4) is 0 Å². The maximum atomic E-state index is 12.9. The number of imidazole rings is 1. The largest absolute Gasteiger partial charge is 0.416 e. The van der Waals surface area contributed by atoms with Crippen LogP contribution >= 0.6 is 0 Å². The molecule has 1 aromatic heterocycles. The molecule has 11 heteroatoms. The van der Waals surface area contributed by atoms with Crippen LogP contribution in [0.2, 0.25) is 0 Å². The number of nitrogens with one attached hydrogen (secondary N) is 2. The predicted octanol–water partition coefficient (Wildman–Crippen LogP) is 2.52. The molecule has 3 aromatic rings. The smallest absolute Gasteiger partial charge is 0.369 e. The first-order chi connectivity index (χ1) is 15.3. The number of anilines is 1. The zero-order valence-corrected chi connectivity index (χ0v) is 17.1. The van der Waals surface area contributed by atoms with Gasteiger partial charge in [0.1, 0.15) is 0 Å². The molecule has 0 aliphatic carbocycles. The minimum absolute atomic E-state index is 0.0476. The normalized spacial score (nSPS) is 15.3. The van der Waals surface area contributed by atoms with E-state index in [9.17, 15) is 22.8 Å². The molecular formula is C21H22F3N5O3. The average Bonchev–Trinajstić information content (AvgIpc) is 3.11. The lowest BCUT2D eigenvalue weighted by molar-refractivity contribution is -0.213. The number of aryl methyl sites for hydroxylation is 1. The number of rotatable bonds is 6. The predicted molar refractivity (Wildman–Crippen MR) is 112 cm³/mol. The Morgan fingerprint density at radius 3 is 2.56 bits per heavy atom. The number of piperazine rings is 1. The summed E-state index contributed by atoms with van der Waals surface area (Å²) in [6.07, 6.45) is -4.34. The van der Waals surface area contributed by atoms with Crippen molar-refractivity contribution in [3.05, 3.63) is 64.6 Å². The van der Waals surface area contributed by atoms with Crippen LogP contribution in [0.4, 0.5) is 18.9 Å². The molecule has 32 heavy (non-hydrogen) atoms. The van der Waals surface area contributed by atoms with Crippen molar-refractivity contribution in [2.45, 2.75) is 19.1 Å². The number of aromatic nitrogens is 2. The van der Waals surface area contributed by atoms with E-state index < -0.39 is 11.7 Å². The Kier molecular flexibility index (Phi) is 6.19. The second-order valence-corrected chi connectivity index (χ2v) is 7.43. The van der Waals surface area contributed by atoms with Gasteiger partial charge in [-0.15, -0.1) is 0 Å². The summed E-state index contributed by atoms with van der Waals surface area (Å²) >= 11 is 0. The molecule has 1 saturated heterocycles. The van der Waals surface area contributed by atoms with Gasteiger partial charge in [-0.2, -0.15) is 23.2 Å². The number of aromatic amines is 1. The van der Waals surface area contributed by atoms with E-state index in [-0.39, 0.29) is 24.6 Å². The quantitative estimate of drug-likeness (QED) is 0.566. The van der Waals surface area contributed by atoms with E-state index in [2.05, 4.69) is 10.5 Å². The van der Waals surface area contributed by atoms with E-state index in [4.69, 9.17) is 4.94 Å². The molecule has 2 N–H and O–H groups in total. The fourth-order valence-corrected chi connectivity index (χ4v) is 3.63. The van der Waals surface area contributed by atoms with Gasteiger partial charge in [0.2, 0.25) is 5.91 Å². The van der Waals surface area contributed by atoms with Crippen LogP contribution in [0.3, 0.4) is 0 Å². The Labute approximate surface area is 181 Å². The van der Waals surface area contributed by atoms with Crippen molar-refractivity contribution in [2.24, 2.45) is 0 Å². The molecule has 1 amide bonds. The number of carbonyl (C=O) groups is 1. The van der Waals surface area contributed by atoms with Crippen LogP contribution in [-0.4, -0.2) is 46.7 Å². The Balaban J connectivity index is 1.24. The number of hydrogen-bond donors (Lipinski definition) is 2. The highest BCUT2D eigenvalue weighted by atomic mass is 19.4. The van der Waals surface area contributed by atoms with Crippen molar-refractivity contribution < 1.29 is 22.9 Å². The van der Waals surface area contributed by atoms with Gasteiger partial charge >= 0.3 is 11.9 Å². The van der Waals surface area contributed by atoms with Crippen LogP contribution in [-0.2, 0) is 22.5 Å². The van der Waals surface area contributed by atoms with Crippen LogP contribution in [0.1, 0.15) is 12.0 Å². The molecule has 0 spiro atoms. The molecule has 0 bridgehead atoms. The Morgan fingerprint density at radius 2 is 1.81 bits per heavy atom. The lowest BCUT2D eigenvalue weighted by atomic mass is 10.1. The Bertz CT molecular complexity index is 1150. The first kappa shape index (κ1) is 21.9. The zero-order valence-electron chi connectivity index (χ0n) is 17.1. The van der Waals surface area contributed by atoms with E-state index in [0.29, 0.717) is 37.4 Å². The van der Waals surface area contributed by atoms with Crippen molar-refractivity contribution >= 4 is 22.6 Å². The van der Waals surface area contributed by atoms with Crippen LogP contribution in [0.5, 0.6) is 0 Å². The zero-order chi connectivity index (χ0) is 22.7. The number of carbonyl (C=O) groups excluding carboxylic acids is 1. The molecule has 0 atom stereocenters. The third-order valence-corrected chi connectivity index (χ3v) is 5.31. The third-order valence-electron chi connectivity index (χ3n) is 5.31. The second-order valence-electron chi connectivity index (χ2n) is 7.43. The fraction of sp³-hybridized carbons (Fsp3) is 0.333. The van der Waals surface area contributed by atoms with E-state index in [1.807, 2.05) is 17.0 Å². The highest BCUT2D eigenvalue weighted by Crippen LogP contribution is 2.31. The molecule has 1 fully saturated rings. The van der Waals surface area contributed by atoms with Crippen molar-refractivity contribution in [3.63, 3.8) is 0 Å². The first-order valence-corrected chi connectivity index (χ1v) is 10.1. The summed E-state index contributed by atoms with van der Waals surface area (Å²) < 4.78 is 40.2. The van der Waals surface area contributed by atoms with E-state index >= 15 is 0 Å². The Morgan fingerprint density at radius 1 is 1.06 bits per heavy atom. The van der Waals surface area contributed by atoms with E-state index in [1.54, 1.807) is 23.3 Å². The van der Waals surface area contributed by atoms with Crippen LogP contribution in [0.15, 0.2) is 53.3 Å². The minimum Gasteiger partial charge on any atom is -0.369 e. The number of benzene rings is 2. The molecule has 2 aromatic carbocycles. The topological polar surface area (TPSA) is 82.6 Å². The summed E-state index contributed by atoms with van der Waals surface area (Å²) in [6.45, 7) is 1.89. The molecule has 0 unspecified atom stereocenters. The highest BCUT2D eigenvalue weighted by Gasteiger charge is 2.31. The molecule has 0 saturated carbocycles. The van der Waals surface area contributed by atoms with Gasteiger partial charge in [-0.1, -0.05) is 18.2 Å². The lowest BCUT2D eigenvalue weighted by Crippen LogP contribution is -2.48. The van der Waals surface area contributed by atoms with Gasteiger partial charge in [-0.05, 0) is 30.3 Å². The first-order valence-electron chi connectivity index (χ1n) is 10.1. The summed E-state index contributed by atoms with van der Waals surface area (Å²) in [4.78, 5) is 34.1. The van der Waals surface area contributed by atoms with Gasteiger partial charge in [0.25, 0.3) is 0 Å². The molecule has 1 aliphatic rings. The number of amides is 1. The maximum absolute atomic E-state index is 12.9. The van der Waals surface area contributed by atoms with Gasteiger partial charge in [-0.3, -0.25) is 9.36 Å². The summed E-state index contributed by atoms with van der Waals surface area (Å²) in [5, 5.41) is 1.54. The number of para-hydroxylation sites is 2. The number of halogens is 3. The van der Waals surface area contributed by atoms with Crippen LogP contribution < -0.4 is 16.1 Å². The maximum Gasteiger partial charge on any atom is 0.416 e. The van der Waals surface area contributed by atoms with Gasteiger partial charge < -0.3 is 9.88 Å². The number of hydroxylamine groups is 3. The average molecular weight is 449 g/mol. The fourth-order valence-electron chi connectivity index (χ4n) is 3.63. The van der Waals surface area contributed by atoms with Crippen LogP contribution in [0.25, 0.3) is 11.0 Å². The number of H-pyrrole nitrogens is 1. The molecule has 1 aliphatic heterocycles. The van der Waals surface area contributed by atoms with Gasteiger partial charge in [0, 0.05) is 44.8 Å². The molecule has 4 rings (SSSR count). The molecule has 0 radical (unpaired) electrons. The number of fused-ring (bicyclic) bond motifs is 1. The van der Waals surface area contributed by atoms with E-state index in [1.165, 1.54) is 10.6 Å². The SMILES string of the molecule is O=C(CCn1c(=O)[nH]c2ccccc21)NON1CCN(c2cccc(C(F)(F)F)c2)CC1. The van der Waals surface area contributed by atoms with Crippen molar-refractivity contribution in [2.75, 3.05) is 31.1 Å². The summed E-state index contributed by atoms with van der Waals surface area (Å²) in [6, 6.07) is 12.4. The number of hydrogen-bond acceptors (Lipinski definition) is 5. The van der Waals surface area contributed by atoms with Gasteiger partial charge in [0.05, 0.1) is 16.6 Å². The third kappa shape index (κ3) is 4.94. The van der Waals surface area contributed by atoms with E-state index in [0.717, 1.165) is 17.6 Å². The second kappa shape index (κ2) is 9.05. The molecule has 2 heterocycles. The van der Waals surface area contributed by atoms with Gasteiger partial charge in [0.15, 0.2) is 0 Å². The monoisotopic (exact) mass is 449 g/mol. The summed E-state index contributed by atoms with van der Waals surface area (Å²) in [7, 11) is 0. The molecule has 8 nitrogen and oxygen atoms in total. The molecule has 170 valence electrons. The number of alkyl halides is 3. The molecular weight excluding hydrogens is 427 g/mol. The Hall–Kier alpha value is -3.31. The highest BCUT2D eigenvalue weighted by molar-refractivity contribution is 5.76. The lowest BCUT2D eigenvalue weighted by Gasteiger charge is -2.34. The summed E-state index contributed by atoms with van der Waals surface area (Å²) in [5.41, 5.74) is 3.30. The van der Waals surface area contributed by atoms with Crippen molar-refractivity contribution in [1.82, 2.24) is 20.1 Å². The minimum atomic E-state index is -4.39.